The Kier molecular flexibility index (Phi) is 5.24. The molecule has 0 saturated carbocycles. The SMILES string of the molecule is CC1=NN2C(C(=O)OC(C)C)=C(C(=O)OC(C)C)C3(c4ccccc4-c4ccccc43)C2(C)C=C1. The molecule has 1 spiro atoms. The second-order valence-electron chi connectivity index (χ2n) is 10.0. The van der Waals surface area contributed by atoms with Crippen LogP contribution in [-0.4, -0.2) is 40.4 Å². The molecular weight excluding hydrogens is 440 g/mol. The van der Waals surface area contributed by atoms with Crippen molar-refractivity contribution >= 4 is 17.7 Å². The Morgan fingerprint density at radius 3 is 1.91 bits per heavy atom. The molecule has 6 nitrogen and oxygen atoms in total. The first-order valence-electron chi connectivity index (χ1n) is 12.0. The maximum absolute atomic E-state index is 14.0. The molecule has 35 heavy (non-hydrogen) atoms. The Morgan fingerprint density at radius 1 is 0.857 bits per heavy atom. The fraction of sp³-hybridized carbons (Fsp3) is 0.345. The fourth-order valence-electron chi connectivity index (χ4n) is 5.78. The molecule has 0 saturated heterocycles. The Balaban J connectivity index is 1.94. The predicted octanol–water partition coefficient (Wildman–Crippen LogP) is 5.13. The number of hydrogen-bond donors (Lipinski definition) is 0. The minimum atomic E-state index is -1.03. The number of carbonyl (C=O) groups is 2. The molecule has 5 rings (SSSR count). The number of rotatable bonds is 4. The van der Waals surface area contributed by atoms with E-state index < -0.39 is 22.9 Å². The van der Waals surface area contributed by atoms with Gasteiger partial charge in [-0.05, 0) is 69.9 Å². The zero-order valence-corrected chi connectivity index (χ0v) is 21.0. The summed E-state index contributed by atoms with van der Waals surface area (Å²) in [5, 5.41) is 6.48. The summed E-state index contributed by atoms with van der Waals surface area (Å²) >= 11 is 0. The molecule has 0 aromatic heterocycles. The Hall–Kier alpha value is -3.67. The summed E-state index contributed by atoms with van der Waals surface area (Å²) in [4.78, 5) is 27.7. The molecule has 0 N–H and O–H groups in total. The molecule has 180 valence electrons. The van der Waals surface area contributed by atoms with Gasteiger partial charge in [-0.2, -0.15) is 5.10 Å². The number of hydrazone groups is 1. The molecule has 1 aliphatic carbocycles. The van der Waals surface area contributed by atoms with Crippen molar-refractivity contribution in [1.29, 1.82) is 0 Å². The van der Waals surface area contributed by atoms with Gasteiger partial charge in [0.2, 0.25) is 0 Å². The standard InChI is InChI=1S/C29H30N2O4/c1-17(2)34-26(32)24-25(27(33)35-18(3)4)31-28(6,16-15-19(5)30-31)29(24)22-13-9-7-11-20(22)21-12-8-10-14-23(21)29/h7-18H,1-6H3. The monoisotopic (exact) mass is 470 g/mol. The van der Waals surface area contributed by atoms with Crippen LogP contribution in [0.15, 0.2) is 77.1 Å². The maximum Gasteiger partial charge on any atom is 0.357 e. The number of ether oxygens (including phenoxy) is 2. The second kappa shape index (κ2) is 7.94. The van der Waals surface area contributed by atoms with Gasteiger partial charge in [-0.15, -0.1) is 0 Å². The zero-order valence-electron chi connectivity index (χ0n) is 21.0. The van der Waals surface area contributed by atoms with Crippen LogP contribution in [0.5, 0.6) is 0 Å². The second-order valence-corrected chi connectivity index (χ2v) is 10.0. The van der Waals surface area contributed by atoms with E-state index >= 15 is 0 Å². The van der Waals surface area contributed by atoms with Gasteiger partial charge < -0.3 is 9.47 Å². The lowest BCUT2D eigenvalue weighted by Crippen LogP contribution is -2.55. The largest absolute Gasteiger partial charge is 0.460 e. The molecule has 2 aromatic rings. The Bertz CT molecular complexity index is 1290. The number of esters is 2. The molecule has 2 aliphatic heterocycles. The van der Waals surface area contributed by atoms with Crippen LogP contribution in [0.4, 0.5) is 0 Å². The van der Waals surface area contributed by atoms with E-state index in [0.29, 0.717) is 0 Å². The maximum atomic E-state index is 14.0. The molecule has 0 bridgehead atoms. The molecule has 2 aromatic carbocycles. The van der Waals surface area contributed by atoms with Crippen molar-refractivity contribution in [2.45, 2.75) is 64.7 Å². The van der Waals surface area contributed by atoms with Gasteiger partial charge >= 0.3 is 11.9 Å². The van der Waals surface area contributed by atoms with Crippen LogP contribution in [-0.2, 0) is 24.5 Å². The summed E-state index contributed by atoms with van der Waals surface area (Å²) in [5.74, 6) is -1.13. The molecule has 0 radical (unpaired) electrons. The number of nitrogens with zero attached hydrogens (tertiary/aromatic N) is 2. The summed E-state index contributed by atoms with van der Waals surface area (Å²) < 4.78 is 11.5. The van der Waals surface area contributed by atoms with Crippen molar-refractivity contribution in [1.82, 2.24) is 5.01 Å². The number of carbonyl (C=O) groups excluding carboxylic acids is 2. The van der Waals surface area contributed by atoms with Crippen LogP contribution in [0.2, 0.25) is 0 Å². The zero-order chi connectivity index (χ0) is 25.1. The van der Waals surface area contributed by atoms with Gasteiger partial charge in [-0.3, -0.25) is 0 Å². The number of hydrogen-bond acceptors (Lipinski definition) is 6. The molecule has 1 atom stereocenters. The first kappa shape index (κ1) is 23.1. The van der Waals surface area contributed by atoms with Crippen molar-refractivity contribution in [3.05, 3.63) is 83.1 Å². The molecule has 1 unspecified atom stereocenters. The number of fused-ring (bicyclic) bond motifs is 7. The van der Waals surface area contributed by atoms with Crippen molar-refractivity contribution in [3.63, 3.8) is 0 Å². The molecule has 0 amide bonds. The van der Waals surface area contributed by atoms with E-state index in [-0.39, 0.29) is 23.5 Å². The Morgan fingerprint density at radius 2 is 1.37 bits per heavy atom. The van der Waals surface area contributed by atoms with Crippen molar-refractivity contribution in [2.24, 2.45) is 5.10 Å². The normalized spacial score (nSPS) is 21.3. The quantitative estimate of drug-likeness (QED) is 0.580. The van der Waals surface area contributed by atoms with Crippen LogP contribution in [0.3, 0.4) is 0 Å². The van der Waals surface area contributed by atoms with Gasteiger partial charge in [0.25, 0.3) is 0 Å². The van der Waals surface area contributed by atoms with E-state index in [9.17, 15) is 9.59 Å². The van der Waals surface area contributed by atoms with Gasteiger partial charge in [0.15, 0.2) is 5.70 Å². The molecule has 3 aliphatic rings. The highest BCUT2D eigenvalue weighted by molar-refractivity contribution is 6.08. The van der Waals surface area contributed by atoms with Crippen LogP contribution in [0, 0.1) is 0 Å². The average Bonchev–Trinajstić information content (AvgIpc) is 3.22. The summed E-state index contributed by atoms with van der Waals surface area (Å²) in [5.41, 5.74) is 3.12. The van der Waals surface area contributed by atoms with Crippen molar-refractivity contribution in [3.8, 4) is 11.1 Å². The van der Waals surface area contributed by atoms with Crippen LogP contribution < -0.4 is 0 Å². The third kappa shape index (κ3) is 3.05. The highest BCUT2D eigenvalue weighted by Gasteiger charge is 2.68. The number of benzene rings is 2. The van der Waals surface area contributed by atoms with Crippen molar-refractivity contribution < 1.29 is 19.1 Å². The van der Waals surface area contributed by atoms with Crippen LogP contribution in [0.25, 0.3) is 11.1 Å². The third-order valence-corrected chi connectivity index (χ3v) is 6.96. The fourth-order valence-corrected chi connectivity index (χ4v) is 5.78. The summed E-state index contributed by atoms with van der Waals surface area (Å²) in [6.07, 6.45) is 3.26. The van der Waals surface area contributed by atoms with E-state index in [1.165, 1.54) is 0 Å². The minimum Gasteiger partial charge on any atom is -0.460 e. The summed E-state index contributed by atoms with van der Waals surface area (Å²) in [6, 6.07) is 16.1. The van der Waals surface area contributed by atoms with E-state index in [1.807, 2.05) is 62.4 Å². The highest BCUT2D eigenvalue weighted by Crippen LogP contribution is 2.65. The summed E-state index contributed by atoms with van der Waals surface area (Å²) in [7, 11) is 0. The lowest BCUT2D eigenvalue weighted by molar-refractivity contribution is -0.147. The first-order chi connectivity index (χ1) is 16.6. The predicted molar refractivity (Wildman–Crippen MR) is 135 cm³/mol. The van der Waals surface area contributed by atoms with Gasteiger partial charge in [0, 0.05) is 0 Å². The minimum absolute atomic E-state index is 0.127. The van der Waals surface area contributed by atoms with Gasteiger partial charge in [-0.25, -0.2) is 14.6 Å². The molecule has 0 fully saturated rings. The van der Waals surface area contributed by atoms with Gasteiger partial charge in [0.05, 0.1) is 34.4 Å². The lowest BCUT2D eigenvalue weighted by atomic mass is 9.61. The van der Waals surface area contributed by atoms with E-state index in [4.69, 9.17) is 14.6 Å². The van der Waals surface area contributed by atoms with Crippen molar-refractivity contribution in [2.75, 3.05) is 0 Å². The third-order valence-electron chi connectivity index (χ3n) is 6.96. The number of allylic oxidation sites excluding steroid dienone is 1. The van der Waals surface area contributed by atoms with E-state index in [0.717, 1.165) is 28.0 Å². The highest BCUT2D eigenvalue weighted by atomic mass is 16.5. The topological polar surface area (TPSA) is 68.2 Å². The van der Waals surface area contributed by atoms with Gasteiger partial charge in [-0.1, -0.05) is 54.6 Å². The molecular formula is C29H30N2O4. The molecule has 2 heterocycles. The average molecular weight is 471 g/mol. The Labute approximate surface area is 205 Å². The van der Waals surface area contributed by atoms with Crippen LogP contribution in [0.1, 0.15) is 52.7 Å². The lowest BCUT2D eigenvalue weighted by Gasteiger charge is -2.46. The van der Waals surface area contributed by atoms with Gasteiger partial charge in [0.1, 0.15) is 0 Å². The van der Waals surface area contributed by atoms with E-state index in [1.54, 1.807) is 32.7 Å². The smallest absolute Gasteiger partial charge is 0.357 e. The summed E-state index contributed by atoms with van der Waals surface area (Å²) in [6.45, 7) is 11.1. The molecule has 6 heteroatoms. The first-order valence-corrected chi connectivity index (χ1v) is 12.0. The van der Waals surface area contributed by atoms with Crippen LogP contribution >= 0.6 is 0 Å². The van der Waals surface area contributed by atoms with E-state index in [2.05, 4.69) is 12.1 Å².